The number of benzene rings is 2. The molecule has 0 radical (unpaired) electrons. The second kappa shape index (κ2) is 9.22. The van der Waals surface area contributed by atoms with Crippen molar-refractivity contribution in [3.63, 3.8) is 0 Å². The molecule has 2 aromatic heterocycles. The monoisotopic (exact) mass is 400 g/mol. The molecular formula is C24H21FN4O. The molecule has 0 saturated heterocycles. The molecule has 4 aromatic rings. The summed E-state index contributed by atoms with van der Waals surface area (Å²) in [5.41, 5.74) is 2.89. The summed E-state index contributed by atoms with van der Waals surface area (Å²) in [4.78, 5) is 21.6. The largest absolute Gasteiger partial charge is 0.272 e. The molecule has 0 saturated carbocycles. The number of hydrogen-bond acceptors (Lipinski definition) is 4. The third-order valence-electron chi connectivity index (χ3n) is 4.87. The lowest BCUT2D eigenvalue weighted by Crippen LogP contribution is -2.17. The Morgan fingerprint density at radius 1 is 0.833 bits per heavy atom. The van der Waals surface area contributed by atoms with Crippen molar-refractivity contribution in [3.8, 4) is 11.4 Å². The summed E-state index contributed by atoms with van der Waals surface area (Å²) in [6, 6.07) is 19.9. The lowest BCUT2D eigenvalue weighted by atomic mass is 10.1. The van der Waals surface area contributed by atoms with Crippen LogP contribution >= 0.6 is 0 Å². The highest BCUT2D eigenvalue weighted by Gasteiger charge is 2.17. The SMILES string of the molecule is O=C(CCc1ccccc1)n1nc(-c2ccncc2)nc1CCc1ccc(F)cc1. The van der Waals surface area contributed by atoms with Gasteiger partial charge in [-0.05, 0) is 48.2 Å². The highest BCUT2D eigenvalue weighted by atomic mass is 19.1. The number of carbonyl (C=O) groups is 1. The predicted molar refractivity (Wildman–Crippen MR) is 112 cm³/mol. The first-order chi connectivity index (χ1) is 14.7. The van der Waals surface area contributed by atoms with Gasteiger partial charge in [0.15, 0.2) is 5.82 Å². The number of halogens is 1. The van der Waals surface area contributed by atoms with E-state index >= 15 is 0 Å². The maximum Gasteiger partial charge on any atom is 0.248 e. The molecule has 0 fully saturated rings. The fourth-order valence-corrected chi connectivity index (χ4v) is 3.24. The highest BCUT2D eigenvalue weighted by Crippen LogP contribution is 2.17. The molecule has 30 heavy (non-hydrogen) atoms. The van der Waals surface area contributed by atoms with Crippen LogP contribution in [0, 0.1) is 5.82 Å². The third-order valence-corrected chi connectivity index (χ3v) is 4.87. The van der Waals surface area contributed by atoms with Gasteiger partial charge in [-0.2, -0.15) is 4.68 Å². The molecule has 150 valence electrons. The minimum Gasteiger partial charge on any atom is -0.272 e. The van der Waals surface area contributed by atoms with Gasteiger partial charge in [0.25, 0.3) is 0 Å². The molecule has 0 aliphatic rings. The number of aryl methyl sites for hydroxylation is 3. The minimum atomic E-state index is -0.266. The van der Waals surface area contributed by atoms with Gasteiger partial charge >= 0.3 is 0 Å². The Morgan fingerprint density at radius 3 is 2.27 bits per heavy atom. The molecule has 2 heterocycles. The van der Waals surface area contributed by atoms with Crippen molar-refractivity contribution in [1.29, 1.82) is 0 Å². The first-order valence-corrected chi connectivity index (χ1v) is 9.87. The zero-order chi connectivity index (χ0) is 20.8. The minimum absolute atomic E-state index is 0.0965. The molecule has 0 amide bonds. The zero-order valence-corrected chi connectivity index (χ0v) is 16.4. The smallest absolute Gasteiger partial charge is 0.248 e. The highest BCUT2D eigenvalue weighted by molar-refractivity contribution is 5.79. The van der Waals surface area contributed by atoms with E-state index in [9.17, 15) is 9.18 Å². The van der Waals surface area contributed by atoms with Gasteiger partial charge in [-0.1, -0.05) is 42.5 Å². The molecule has 0 spiro atoms. The predicted octanol–water partition coefficient (Wildman–Crippen LogP) is 4.54. The maximum absolute atomic E-state index is 13.2. The Bertz CT molecular complexity index is 1110. The molecule has 0 bridgehead atoms. The average molecular weight is 400 g/mol. The van der Waals surface area contributed by atoms with Crippen LogP contribution < -0.4 is 0 Å². The Hall–Kier alpha value is -3.67. The van der Waals surface area contributed by atoms with Crippen molar-refractivity contribution >= 4 is 5.91 Å². The quantitative estimate of drug-likeness (QED) is 0.457. The van der Waals surface area contributed by atoms with Gasteiger partial charge in [0.1, 0.15) is 11.6 Å². The van der Waals surface area contributed by atoms with Gasteiger partial charge in [-0.3, -0.25) is 9.78 Å². The summed E-state index contributed by atoms with van der Waals surface area (Å²) in [5.74, 6) is 0.738. The van der Waals surface area contributed by atoms with E-state index in [1.165, 1.54) is 16.8 Å². The van der Waals surface area contributed by atoms with Gasteiger partial charge in [0.2, 0.25) is 5.91 Å². The Morgan fingerprint density at radius 2 is 1.53 bits per heavy atom. The van der Waals surface area contributed by atoms with Crippen LogP contribution in [0.25, 0.3) is 11.4 Å². The van der Waals surface area contributed by atoms with E-state index in [2.05, 4.69) is 15.1 Å². The van der Waals surface area contributed by atoms with Gasteiger partial charge in [-0.15, -0.1) is 5.10 Å². The molecule has 0 atom stereocenters. The van der Waals surface area contributed by atoms with Crippen LogP contribution in [0.4, 0.5) is 4.39 Å². The van der Waals surface area contributed by atoms with Crippen LogP contribution in [0.5, 0.6) is 0 Å². The van der Waals surface area contributed by atoms with E-state index in [1.54, 1.807) is 24.5 Å². The molecule has 0 aliphatic carbocycles. The fourth-order valence-electron chi connectivity index (χ4n) is 3.24. The van der Waals surface area contributed by atoms with Crippen LogP contribution in [-0.2, 0) is 19.3 Å². The zero-order valence-electron chi connectivity index (χ0n) is 16.4. The summed E-state index contributed by atoms with van der Waals surface area (Å²) < 4.78 is 14.6. The van der Waals surface area contributed by atoms with E-state index in [1.807, 2.05) is 42.5 Å². The molecule has 0 N–H and O–H groups in total. The number of pyridine rings is 1. The van der Waals surface area contributed by atoms with Gasteiger partial charge in [-0.25, -0.2) is 9.37 Å². The fraction of sp³-hybridized carbons (Fsp3) is 0.167. The number of hydrogen-bond donors (Lipinski definition) is 0. The van der Waals surface area contributed by atoms with E-state index in [4.69, 9.17) is 0 Å². The lowest BCUT2D eigenvalue weighted by Gasteiger charge is -2.05. The Kier molecular flexibility index (Phi) is 6.03. The first-order valence-electron chi connectivity index (χ1n) is 9.87. The summed E-state index contributed by atoms with van der Waals surface area (Å²) >= 11 is 0. The van der Waals surface area contributed by atoms with Crippen LogP contribution in [0.2, 0.25) is 0 Å². The van der Waals surface area contributed by atoms with Crippen molar-refractivity contribution < 1.29 is 9.18 Å². The van der Waals surface area contributed by atoms with Crippen molar-refractivity contribution in [3.05, 3.63) is 102 Å². The second-order valence-corrected chi connectivity index (χ2v) is 7.01. The van der Waals surface area contributed by atoms with Gasteiger partial charge < -0.3 is 0 Å². The molecule has 4 rings (SSSR count). The van der Waals surface area contributed by atoms with E-state index < -0.39 is 0 Å². The molecule has 6 heteroatoms. The van der Waals surface area contributed by atoms with Crippen molar-refractivity contribution in [2.45, 2.75) is 25.7 Å². The van der Waals surface area contributed by atoms with E-state index in [-0.39, 0.29) is 11.7 Å². The Balaban J connectivity index is 1.55. The van der Waals surface area contributed by atoms with E-state index in [0.29, 0.717) is 37.3 Å². The standard InChI is InChI=1S/C24H21FN4O/c25-21-10-6-19(7-11-21)8-12-22-27-24(20-14-16-26-17-15-20)28-29(22)23(30)13-9-18-4-2-1-3-5-18/h1-7,10-11,14-17H,8-9,12-13H2. The van der Waals surface area contributed by atoms with Crippen molar-refractivity contribution in [2.24, 2.45) is 0 Å². The van der Waals surface area contributed by atoms with E-state index in [0.717, 1.165) is 16.7 Å². The summed E-state index contributed by atoms with van der Waals surface area (Å²) in [5, 5.41) is 4.49. The number of carbonyl (C=O) groups excluding carboxylic acids is 1. The molecule has 5 nitrogen and oxygen atoms in total. The topological polar surface area (TPSA) is 60.7 Å². The molecule has 0 aliphatic heterocycles. The van der Waals surface area contributed by atoms with Crippen LogP contribution in [-0.4, -0.2) is 25.7 Å². The summed E-state index contributed by atoms with van der Waals surface area (Å²) in [6.07, 6.45) is 5.49. The average Bonchev–Trinajstić information content (AvgIpc) is 3.23. The summed E-state index contributed by atoms with van der Waals surface area (Å²) in [7, 11) is 0. The van der Waals surface area contributed by atoms with Crippen LogP contribution in [0.1, 0.15) is 28.2 Å². The van der Waals surface area contributed by atoms with Gasteiger partial charge in [0.05, 0.1) is 0 Å². The maximum atomic E-state index is 13.2. The van der Waals surface area contributed by atoms with Crippen molar-refractivity contribution in [2.75, 3.05) is 0 Å². The van der Waals surface area contributed by atoms with Crippen LogP contribution in [0.15, 0.2) is 79.1 Å². The molecule has 0 unspecified atom stereocenters. The molecule has 2 aromatic carbocycles. The normalized spacial score (nSPS) is 10.8. The first kappa shape index (κ1) is 19.6. The third kappa shape index (κ3) is 4.84. The second-order valence-electron chi connectivity index (χ2n) is 7.01. The number of aromatic nitrogens is 4. The number of rotatable bonds is 7. The van der Waals surface area contributed by atoms with Crippen LogP contribution in [0.3, 0.4) is 0 Å². The lowest BCUT2D eigenvalue weighted by molar-refractivity contribution is 0.0883. The molecular weight excluding hydrogens is 379 g/mol. The number of nitrogens with zero attached hydrogens (tertiary/aromatic N) is 4. The Labute approximate surface area is 174 Å². The summed E-state index contributed by atoms with van der Waals surface area (Å²) in [6.45, 7) is 0. The van der Waals surface area contributed by atoms with Gasteiger partial charge in [0, 0.05) is 30.8 Å². The van der Waals surface area contributed by atoms with Crippen molar-refractivity contribution in [1.82, 2.24) is 19.7 Å².